The van der Waals surface area contributed by atoms with Crippen LogP contribution in [0.3, 0.4) is 0 Å². The molecule has 0 aromatic heterocycles. The standard InChI is InChI=1S/C19H21NO5/c1-18(2)16(24)11(9-20)8-19(3)5-4-14(25-17(18)19)10-6-12(21)15(23)13(22)7-10/h6-8,14,17,21-23H,4-5H2,1-3H3. The largest absolute Gasteiger partial charge is 0.504 e. The molecule has 1 aromatic carbocycles. The summed E-state index contributed by atoms with van der Waals surface area (Å²) in [6.07, 6.45) is 2.12. The smallest absolute Gasteiger partial charge is 0.200 e. The molecule has 3 N–H and O–H groups in total. The number of carbonyl (C=O) groups is 1. The normalized spacial score (nSPS) is 31.0. The Labute approximate surface area is 146 Å². The van der Waals surface area contributed by atoms with E-state index in [-0.39, 0.29) is 11.4 Å². The van der Waals surface area contributed by atoms with Crippen LogP contribution in [-0.4, -0.2) is 27.2 Å². The molecule has 1 aliphatic carbocycles. The zero-order valence-corrected chi connectivity index (χ0v) is 14.4. The number of ether oxygens (including phenoxy) is 1. The third kappa shape index (κ3) is 2.56. The number of fused-ring (bicyclic) bond motifs is 1. The van der Waals surface area contributed by atoms with Gasteiger partial charge in [0, 0.05) is 5.41 Å². The van der Waals surface area contributed by atoms with Gasteiger partial charge in [0.1, 0.15) is 6.07 Å². The molecule has 6 nitrogen and oxygen atoms in total. The van der Waals surface area contributed by atoms with Crippen molar-refractivity contribution >= 4 is 5.78 Å². The number of benzene rings is 1. The second kappa shape index (κ2) is 5.50. The van der Waals surface area contributed by atoms with Crippen LogP contribution in [0.25, 0.3) is 0 Å². The molecule has 1 heterocycles. The van der Waals surface area contributed by atoms with E-state index in [2.05, 4.69) is 0 Å². The summed E-state index contributed by atoms with van der Waals surface area (Å²) in [7, 11) is 0. The lowest BCUT2D eigenvalue weighted by Gasteiger charge is -2.51. The summed E-state index contributed by atoms with van der Waals surface area (Å²) in [5.74, 6) is -1.65. The summed E-state index contributed by atoms with van der Waals surface area (Å²) in [5.41, 5.74) is -0.604. The van der Waals surface area contributed by atoms with E-state index < -0.39 is 40.3 Å². The maximum Gasteiger partial charge on any atom is 0.200 e. The van der Waals surface area contributed by atoms with Gasteiger partial charge in [-0.05, 0) is 44.4 Å². The van der Waals surface area contributed by atoms with E-state index >= 15 is 0 Å². The Kier molecular flexibility index (Phi) is 3.81. The molecule has 3 atom stereocenters. The van der Waals surface area contributed by atoms with E-state index in [1.807, 2.05) is 13.0 Å². The first-order valence-corrected chi connectivity index (χ1v) is 8.18. The van der Waals surface area contributed by atoms with Crippen molar-refractivity contribution in [3.05, 3.63) is 29.3 Å². The lowest BCUT2D eigenvalue weighted by Crippen LogP contribution is -2.54. The van der Waals surface area contributed by atoms with Crippen LogP contribution in [0.15, 0.2) is 23.8 Å². The lowest BCUT2D eigenvalue weighted by atomic mass is 9.60. The lowest BCUT2D eigenvalue weighted by molar-refractivity contribution is -0.172. The number of hydrogen-bond donors (Lipinski definition) is 3. The molecule has 0 radical (unpaired) electrons. The number of allylic oxidation sites excluding steroid dienone is 1. The van der Waals surface area contributed by atoms with Crippen molar-refractivity contribution in [1.82, 2.24) is 0 Å². The minimum absolute atomic E-state index is 0.172. The van der Waals surface area contributed by atoms with Crippen LogP contribution in [0, 0.1) is 22.2 Å². The molecule has 1 fully saturated rings. The molecule has 0 spiro atoms. The Bertz CT molecular complexity index is 797. The zero-order chi connectivity index (χ0) is 18.6. The fourth-order valence-corrected chi connectivity index (χ4v) is 4.10. The summed E-state index contributed by atoms with van der Waals surface area (Å²) >= 11 is 0. The number of carbonyl (C=O) groups excluding carboxylic acids is 1. The number of phenolic OH excluding ortho intramolecular Hbond substituents is 3. The molecule has 1 aliphatic heterocycles. The first-order chi connectivity index (χ1) is 11.6. The van der Waals surface area contributed by atoms with Crippen LogP contribution >= 0.6 is 0 Å². The van der Waals surface area contributed by atoms with Gasteiger partial charge in [0.2, 0.25) is 0 Å². The Morgan fingerprint density at radius 1 is 1.20 bits per heavy atom. The van der Waals surface area contributed by atoms with E-state index in [4.69, 9.17) is 4.74 Å². The molecule has 1 aromatic rings. The summed E-state index contributed by atoms with van der Waals surface area (Å²) in [6, 6.07) is 4.71. The summed E-state index contributed by atoms with van der Waals surface area (Å²) in [5, 5.41) is 38.2. The van der Waals surface area contributed by atoms with Gasteiger partial charge in [-0.3, -0.25) is 4.79 Å². The average Bonchev–Trinajstić information content (AvgIpc) is 2.55. The van der Waals surface area contributed by atoms with Gasteiger partial charge in [0.05, 0.1) is 23.2 Å². The molecule has 132 valence electrons. The van der Waals surface area contributed by atoms with Gasteiger partial charge < -0.3 is 20.1 Å². The van der Waals surface area contributed by atoms with E-state index in [1.54, 1.807) is 19.9 Å². The van der Waals surface area contributed by atoms with Crippen LogP contribution in [0.2, 0.25) is 0 Å². The average molecular weight is 343 g/mol. The van der Waals surface area contributed by atoms with E-state index in [0.717, 1.165) is 0 Å². The maximum atomic E-state index is 12.6. The van der Waals surface area contributed by atoms with Gasteiger partial charge >= 0.3 is 0 Å². The van der Waals surface area contributed by atoms with Crippen molar-refractivity contribution in [2.24, 2.45) is 10.8 Å². The summed E-state index contributed by atoms with van der Waals surface area (Å²) in [6.45, 7) is 5.53. The minimum Gasteiger partial charge on any atom is -0.504 e. The van der Waals surface area contributed by atoms with Gasteiger partial charge in [-0.25, -0.2) is 0 Å². The van der Waals surface area contributed by atoms with Crippen LogP contribution in [0.5, 0.6) is 17.2 Å². The summed E-state index contributed by atoms with van der Waals surface area (Å²) in [4.78, 5) is 12.6. The molecule has 25 heavy (non-hydrogen) atoms. The van der Waals surface area contributed by atoms with E-state index in [9.17, 15) is 25.4 Å². The van der Waals surface area contributed by atoms with E-state index in [1.165, 1.54) is 12.1 Å². The van der Waals surface area contributed by atoms with Crippen molar-refractivity contribution in [3.63, 3.8) is 0 Å². The molecular formula is C19H21NO5. The van der Waals surface area contributed by atoms with Crippen LogP contribution in [0.1, 0.15) is 45.3 Å². The monoisotopic (exact) mass is 343 g/mol. The predicted octanol–water partition coefficient (Wildman–Crippen LogP) is 3.09. The van der Waals surface area contributed by atoms with Gasteiger partial charge in [-0.15, -0.1) is 0 Å². The van der Waals surface area contributed by atoms with Gasteiger partial charge in [0.15, 0.2) is 23.0 Å². The van der Waals surface area contributed by atoms with Crippen LogP contribution < -0.4 is 0 Å². The number of nitrogens with zero attached hydrogens (tertiary/aromatic N) is 1. The van der Waals surface area contributed by atoms with Crippen LogP contribution in [0.4, 0.5) is 0 Å². The Hall–Kier alpha value is -2.52. The molecule has 2 aliphatic rings. The van der Waals surface area contributed by atoms with Crippen molar-refractivity contribution < 1.29 is 24.9 Å². The molecule has 3 rings (SSSR count). The van der Waals surface area contributed by atoms with Crippen molar-refractivity contribution in [2.45, 2.75) is 45.8 Å². The highest BCUT2D eigenvalue weighted by Gasteiger charge is 2.55. The third-order valence-electron chi connectivity index (χ3n) is 5.39. The van der Waals surface area contributed by atoms with E-state index in [0.29, 0.717) is 18.4 Å². The van der Waals surface area contributed by atoms with Crippen LogP contribution in [-0.2, 0) is 9.53 Å². The number of rotatable bonds is 1. The SMILES string of the molecule is CC12C=C(C#N)C(=O)C(C)(C)C1OC(c1cc(O)c(O)c(O)c1)CC2. The zero-order valence-electron chi connectivity index (χ0n) is 14.4. The highest BCUT2D eigenvalue weighted by molar-refractivity contribution is 6.04. The highest BCUT2D eigenvalue weighted by atomic mass is 16.5. The molecular weight excluding hydrogens is 322 g/mol. The number of nitriles is 1. The van der Waals surface area contributed by atoms with Gasteiger partial charge in [-0.1, -0.05) is 13.0 Å². The third-order valence-corrected chi connectivity index (χ3v) is 5.39. The number of Topliss-reactive ketones (excluding diaryl/α,β-unsaturated/α-hetero) is 1. The molecule has 6 heteroatoms. The Morgan fingerprint density at radius 3 is 2.36 bits per heavy atom. The number of ketones is 1. The number of hydrogen-bond acceptors (Lipinski definition) is 6. The first-order valence-electron chi connectivity index (χ1n) is 8.18. The Balaban J connectivity index is 1.99. The second-order valence-electron chi connectivity index (χ2n) is 7.68. The van der Waals surface area contributed by atoms with Crippen molar-refractivity contribution in [2.75, 3.05) is 0 Å². The Morgan fingerprint density at radius 2 is 1.80 bits per heavy atom. The fourth-order valence-electron chi connectivity index (χ4n) is 4.10. The summed E-state index contributed by atoms with van der Waals surface area (Å²) < 4.78 is 6.23. The van der Waals surface area contributed by atoms with Gasteiger partial charge in [0.25, 0.3) is 0 Å². The molecule has 0 amide bonds. The number of phenols is 3. The highest BCUT2D eigenvalue weighted by Crippen LogP contribution is 2.53. The molecule has 0 saturated carbocycles. The topological polar surface area (TPSA) is 111 Å². The second-order valence-corrected chi connectivity index (χ2v) is 7.68. The minimum atomic E-state index is -0.867. The first kappa shape index (κ1) is 17.3. The molecule has 0 bridgehead atoms. The number of aromatic hydroxyl groups is 3. The van der Waals surface area contributed by atoms with Crippen molar-refractivity contribution in [1.29, 1.82) is 5.26 Å². The molecule has 1 saturated heterocycles. The molecule has 3 unspecified atom stereocenters. The van der Waals surface area contributed by atoms with Crippen molar-refractivity contribution in [3.8, 4) is 23.3 Å². The van der Waals surface area contributed by atoms with Gasteiger partial charge in [-0.2, -0.15) is 5.26 Å². The fraction of sp³-hybridized carbons (Fsp3) is 0.474. The quantitative estimate of drug-likeness (QED) is 0.676. The maximum absolute atomic E-state index is 12.6. The predicted molar refractivity (Wildman–Crippen MR) is 88.9 cm³/mol.